The maximum atomic E-state index is 4.74. The first kappa shape index (κ1) is 21.9. The van der Waals surface area contributed by atoms with Gasteiger partial charge in [-0.1, -0.05) is 69.9 Å². The zero-order chi connectivity index (χ0) is 20.2. The summed E-state index contributed by atoms with van der Waals surface area (Å²) in [6, 6.07) is 10.3. The molecule has 1 aromatic carbocycles. The summed E-state index contributed by atoms with van der Waals surface area (Å²) in [5, 5.41) is 15.2. The molecule has 6 heteroatoms. The minimum atomic E-state index is 0.604. The number of benzene rings is 1. The molecule has 1 heterocycles. The molecule has 0 unspecified atom stereocenters. The highest BCUT2D eigenvalue weighted by Gasteiger charge is 2.06. The third-order valence-corrected chi connectivity index (χ3v) is 4.86. The minimum Gasteiger partial charge on any atom is -0.356 e. The number of aliphatic imine (C=N–C) groups is 1. The van der Waals surface area contributed by atoms with Crippen LogP contribution in [0.25, 0.3) is 0 Å². The van der Waals surface area contributed by atoms with Crippen molar-refractivity contribution in [2.45, 2.75) is 66.0 Å². The number of guanidine groups is 1. The summed E-state index contributed by atoms with van der Waals surface area (Å²) < 4.78 is 2.00. The van der Waals surface area contributed by atoms with Gasteiger partial charge in [-0.15, -0.1) is 10.2 Å². The van der Waals surface area contributed by atoms with Gasteiger partial charge >= 0.3 is 0 Å². The number of hydrogen-bond donors (Lipinski definition) is 2. The van der Waals surface area contributed by atoms with Crippen LogP contribution in [0, 0.1) is 12.8 Å². The summed E-state index contributed by atoms with van der Waals surface area (Å²) in [5.41, 5.74) is 1.20. The van der Waals surface area contributed by atoms with Crippen LogP contribution >= 0.6 is 0 Å². The molecule has 0 amide bonds. The average Bonchev–Trinajstić information content (AvgIpc) is 3.01. The number of unbranched alkanes of at least 4 members (excludes halogenated alkanes) is 3. The number of rotatable bonds is 11. The molecule has 0 saturated carbocycles. The lowest BCUT2D eigenvalue weighted by Crippen LogP contribution is -2.38. The maximum Gasteiger partial charge on any atom is 0.191 e. The molecule has 0 bridgehead atoms. The molecule has 28 heavy (non-hydrogen) atoms. The fourth-order valence-corrected chi connectivity index (χ4v) is 2.93. The van der Waals surface area contributed by atoms with E-state index in [4.69, 9.17) is 4.99 Å². The van der Waals surface area contributed by atoms with Crippen LogP contribution in [0.3, 0.4) is 0 Å². The van der Waals surface area contributed by atoms with E-state index in [0.29, 0.717) is 13.1 Å². The highest BCUT2D eigenvalue weighted by atomic mass is 15.3. The Bertz CT molecular complexity index is 705. The summed E-state index contributed by atoms with van der Waals surface area (Å²) in [5.74, 6) is 3.45. The quantitative estimate of drug-likeness (QED) is 0.349. The normalized spacial score (nSPS) is 11.8. The molecule has 0 aliphatic rings. The Morgan fingerprint density at radius 2 is 1.79 bits per heavy atom. The molecule has 2 aromatic rings. The Balaban J connectivity index is 1.82. The van der Waals surface area contributed by atoms with E-state index in [1.54, 1.807) is 0 Å². The molecule has 2 rings (SSSR count). The standard InChI is InChI=1S/C22H36N6/c1-18(2)12-8-5-6-11-15-23-22(24-16-20-13-9-7-10-14-20)25-17-21-27-26-19(3)28(21)4/h7,9-10,13-14,18H,5-6,8,11-12,15-17H2,1-4H3,(H2,23,24,25). The second-order valence-corrected chi connectivity index (χ2v) is 7.75. The Morgan fingerprint density at radius 3 is 2.46 bits per heavy atom. The van der Waals surface area contributed by atoms with Crippen LogP contribution in [-0.2, 0) is 20.1 Å². The van der Waals surface area contributed by atoms with E-state index in [1.165, 1.54) is 31.2 Å². The van der Waals surface area contributed by atoms with E-state index < -0.39 is 0 Å². The van der Waals surface area contributed by atoms with Gasteiger partial charge in [0.1, 0.15) is 5.82 Å². The van der Waals surface area contributed by atoms with Crippen LogP contribution in [-0.4, -0.2) is 27.3 Å². The molecule has 1 aromatic heterocycles. The lowest BCUT2D eigenvalue weighted by atomic mass is 10.0. The molecule has 2 N–H and O–H groups in total. The SMILES string of the molecule is Cc1nnc(CNC(=NCc2ccccc2)NCCCCCCC(C)C)n1C. The van der Waals surface area contributed by atoms with Gasteiger partial charge in [-0.05, 0) is 24.8 Å². The van der Waals surface area contributed by atoms with Crippen molar-refractivity contribution in [2.75, 3.05) is 6.54 Å². The molecule has 0 atom stereocenters. The molecule has 0 aliphatic carbocycles. The largest absolute Gasteiger partial charge is 0.356 e. The van der Waals surface area contributed by atoms with Gasteiger partial charge in [-0.3, -0.25) is 0 Å². The first-order valence-electron chi connectivity index (χ1n) is 10.5. The average molecular weight is 385 g/mol. The molecular formula is C22H36N6. The lowest BCUT2D eigenvalue weighted by molar-refractivity contribution is 0.518. The smallest absolute Gasteiger partial charge is 0.191 e. The van der Waals surface area contributed by atoms with Gasteiger partial charge in [0.2, 0.25) is 0 Å². The van der Waals surface area contributed by atoms with Crippen molar-refractivity contribution in [1.82, 2.24) is 25.4 Å². The van der Waals surface area contributed by atoms with Crippen LogP contribution in [0.1, 0.15) is 63.2 Å². The predicted octanol–water partition coefficient (Wildman–Crippen LogP) is 3.97. The predicted molar refractivity (Wildman–Crippen MR) is 116 cm³/mol. The molecule has 0 radical (unpaired) electrons. The molecule has 0 spiro atoms. The van der Waals surface area contributed by atoms with E-state index in [0.717, 1.165) is 36.5 Å². The lowest BCUT2D eigenvalue weighted by Gasteiger charge is -2.13. The molecule has 0 fully saturated rings. The first-order valence-corrected chi connectivity index (χ1v) is 10.5. The molecule has 0 saturated heterocycles. The molecular weight excluding hydrogens is 348 g/mol. The van der Waals surface area contributed by atoms with Gasteiger partial charge < -0.3 is 15.2 Å². The van der Waals surface area contributed by atoms with Crippen molar-refractivity contribution < 1.29 is 0 Å². The third-order valence-electron chi connectivity index (χ3n) is 4.86. The highest BCUT2D eigenvalue weighted by Crippen LogP contribution is 2.09. The van der Waals surface area contributed by atoms with Gasteiger partial charge in [0.15, 0.2) is 11.8 Å². The number of aromatic nitrogens is 3. The van der Waals surface area contributed by atoms with Crippen LogP contribution in [0.15, 0.2) is 35.3 Å². The summed E-state index contributed by atoms with van der Waals surface area (Å²) >= 11 is 0. The summed E-state index contributed by atoms with van der Waals surface area (Å²) in [7, 11) is 1.98. The molecule has 154 valence electrons. The van der Waals surface area contributed by atoms with Crippen LogP contribution < -0.4 is 10.6 Å². The third kappa shape index (κ3) is 8.11. The van der Waals surface area contributed by atoms with Gasteiger partial charge in [-0.2, -0.15) is 0 Å². The van der Waals surface area contributed by atoms with Crippen LogP contribution in [0.2, 0.25) is 0 Å². The Labute approximate surface area is 169 Å². The topological polar surface area (TPSA) is 67.1 Å². The van der Waals surface area contributed by atoms with Gasteiger partial charge in [-0.25, -0.2) is 4.99 Å². The second kappa shape index (κ2) is 12.2. The summed E-state index contributed by atoms with van der Waals surface area (Å²) in [4.78, 5) is 4.74. The van der Waals surface area contributed by atoms with Crippen LogP contribution in [0.5, 0.6) is 0 Å². The molecule has 0 aliphatic heterocycles. The number of nitrogens with zero attached hydrogens (tertiary/aromatic N) is 4. The van der Waals surface area contributed by atoms with Crippen molar-refractivity contribution in [1.29, 1.82) is 0 Å². The van der Waals surface area contributed by atoms with Gasteiger partial charge in [0, 0.05) is 13.6 Å². The van der Waals surface area contributed by atoms with Crippen molar-refractivity contribution in [3.63, 3.8) is 0 Å². The number of hydrogen-bond acceptors (Lipinski definition) is 3. The van der Waals surface area contributed by atoms with Crippen molar-refractivity contribution in [3.05, 3.63) is 47.5 Å². The Hall–Kier alpha value is -2.37. The second-order valence-electron chi connectivity index (χ2n) is 7.75. The highest BCUT2D eigenvalue weighted by molar-refractivity contribution is 5.79. The Kier molecular flexibility index (Phi) is 9.52. The fourth-order valence-electron chi connectivity index (χ4n) is 2.93. The van der Waals surface area contributed by atoms with E-state index >= 15 is 0 Å². The zero-order valence-corrected chi connectivity index (χ0v) is 17.9. The maximum absolute atomic E-state index is 4.74. The van der Waals surface area contributed by atoms with E-state index in [1.807, 2.05) is 36.7 Å². The van der Waals surface area contributed by atoms with Crippen molar-refractivity contribution in [2.24, 2.45) is 18.0 Å². The number of nitrogens with one attached hydrogen (secondary N) is 2. The number of aryl methyl sites for hydroxylation is 1. The zero-order valence-electron chi connectivity index (χ0n) is 17.9. The summed E-state index contributed by atoms with van der Waals surface area (Å²) in [6.45, 7) is 8.73. The van der Waals surface area contributed by atoms with Gasteiger partial charge in [0.25, 0.3) is 0 Å². The van der Waals surface area contributed by atoms with Gasteiger partial charge in [0.05, 0.1) is 13.1 Å². The minimum absolute atomic E-state index is 0.604. The van der Waals surface area contributed by atoms with E-state index in [2.05, 4.69) is 46.8 Å². The van der Waals surface area contributed by atoms with Crippen molar-refractivity contribution in [3.8, 4) is 0 Å². The molecule has 6 nitrogen and oxygen atoms in total. The monoisotopic (exact) mass is 384 g/mol. The van der Waals surface area contributed by atoms with Crippen LogP contribution in [0.4, 0.5) is 0 Å². The van der Waals surface area contributed by atoms with Crippen molar-refractivity contribution >= 4 is 5.96 Å². The fraction of sp³-hybridized carbons (Fsp3) is 0.591. The van der Waals surface area contributed by atoms with E-state index in [9.17, 15) is 0 Å². The van der Waals surface area contributed by atoms with E-state index in [-0.39, 0.29) is 0 Å². The first-order chi connectivity index (χ1) is 13.6. The Morgan fingerprint density at radius 1 is 1.04 bits per heavy atom. The summed E-state index contributed by atoms with van der Waals surface area (Å²) in [6.07, 6.45) is 6.38.